The van der Waals surface area contributed by atoms with Crippen molar-refractivity contribution in [1.29, 1.82) is 0 Å². The Morgan fingerprint density at radius 1 is 1.13 bits per heavy atom. The minimum Gasteiger partial charge on any atom is -0.505 e. The molecule has 2 amide bonds. The lowest BCUT2D eigenvalue weighted by molar-refractivity contribution is -0.181. The van der Waals surface area contributed by atoms with Gasteiger partial charge < -0.3 is 26.0 Å². The average molecular weight is 544 g/mol. The molecule has 4 rings (SSSR count). The number of nitrogens with zero attached hydrogens (tertiary/aromatic N) is 1. The maximum Gasteiger partial charge on any atom is 0.306 e. The first-order valence-corrected chi connectivity index (χ1v) is 12.3. The second kappa shape index (κ2) is 9.97. The van der Waals surface area contributed by atoms with Gasteiger partial charge in [0.05, 0.1) is 36.7 Å². The average Bonchev–Trinajstić information content (AvgIpc) is 2.86. The number of rotatable bonds is 6. The molecule has 5 N–H and O–H groups in total. The van der Waals surface area contributed by atoms with Crippen molar-refractivity contribution in [1.82, 2.24) is 4.90 Å². The van der Waals surface area contributed by atoms with Gasteiger partial charge in [-0.25, -0.2) is 0 Å². The van der Waals surface area contributed by atoms with Crippen LogP contribution in [-0.2, 0) is 39.9 Å². The number of aromatic hydroxyl groups is 1. The number of carbonyl (C=O) groups is 7. The highest BCUT2D eigenvalue weighted by Crippen LogP contribution is 2.51. The van der Waals surface area contributed by atoms with Crippen LogP contribution in [0.15, 0.2) is 12.1 Å². The minimum atomic E-state index is -2.81. The van der Waals surface area contributed by atoms with Gasteiger partial charge in [-0.1, -0.05) is 6.07 Å². The van der Waals surface area contributed by atoms with E-state index in [0.717, 1.165) is 0 Å². The fourth-order valence-electron chi connectivity index (χ4n) is 6.21. The Labute approximate surface area is 222 Å². The molecule has 208 valence electrons. The first kappa shape index (κ1) is 28.0. The molecule has 0 heterocycles. The van der Waals surface area contributed by atoms with Crippen molar-refractivity contribution in [3.63, 3.8) is 0 Å². The second-order valence-corrected chi connectivity index (χ2v) is 10.4. The molecule has 13 nitrogen and oxygen atoms in total. The van der Waals surface area contributed by atoms with E-state index in [9.17, 15) is 43.8 Å². The predicted molar refractivity (Wildman–Crippen MR) is 131 cm³/mol. The number of methoxy groups -OCH3 is 1. The molecule has 1 aromatic rings. The van der Waals surface area contributed by atoms with Crippen molar-refractivity contribution in [2.75, 3.05) is 26.5 Å². The number of hydrogen-bond acceptors (Lipinski definition) is 11. The number of Topliss-reactive ketones (excluding diaryl/α,β-unsaturated/α-hetero) is 4. The van der Waals surface area contributed by atoms with Crippen LogP contribution in [0.4, 0.5) is 5.69 Å². The number of phenols is 1. The van der Waals surface area contributed by atoms with Gasteiger partial charge in [-0.15, -0.1) is 0 Å². The molecule has 0 saturated heterocycles. The second-order valence-electron chi connectivity index (χ2n) is 10.4. The highest BCUT2D eigenvalue weighted by molar-refractivity contribution is 6.32. The third-order valence-corrected chi connectivity index (χ3v) is 7.99. The molecule has 3 aliphatic carbocycles. The minimum absolute atomic E-state index is 0.0589. The van der Waals surface area contributed by atoms with Gasteiger partial charge in [0.15, 0.2) is 34.7 Å². The Bertz CT molecular complexity index is 1320. The third kappa shape index (κ3) is 4.31. The maximum atomic E-state index is 13.8. The number of primary amides is 1. The summed E-state index contributed by atoms with van der Waals surface area (Å²) in [5.41, 5.74) is 2.50. The quantitative estimate of drug-likeness (QED) is 0.189. The van der Waals surface area contributed by atoms with Crippen LogP contribution >= 0.6 is 0 Å². The Morgan fingerprint density at radius 2 is 1.79 bits per heavy atom. The third-order valence-electron chi connectivity index (χ3n) is 7.99. The van der Waals surface area contributed by atoms with Crippen LogP contribution in [0.5, 0.6) is 5.75 Å². The summed E-state index contributed by atoms with van der Waals surface area (Å²) in [5.74, 6) is -12.8. The number of likely N-dealkylation sites (N-methyl/N-ethyl adjacent to an activating group) is 1. The summed E-state index contributed by atoms with van der Waals surface area (Å²) in [5, 5.41) is 24.9. The van der Waals surface area contributed by atoms with Crippen molar-refractivity contribution in [2.45, 2.75) is 37.3 Å². The van der Waals surface area contributed by atoms with Crippen LogP contribution in [0.2, 0.25) is 0 Å². The fraction of sp³-hybridized carbons (Fsp3) is 0.500. The van der Waals surface area contributed by atoms with E-state index in [1.807, 2.05) is 0 Å². The lowest BCUT2D eigenvalue weighted by atomic mass is 9.52. The van der Waals surface area contributed by atoms with E-state index in [-0.39, 0.29) is 36.9 Å². The topological polar surface area (TPSA) is 210 Å². The number of esters is 1. The number of ketones is 4. The van der Waals surface area contributed by atoms with E-state index in [1.165, 1.54) is 38.2 Å². The summed E-state index contributed by atoms with van der Waals surface area (Å²) in [4.78, 5) is 90.7. The molecule has 1 aromatic carbocycles. The fourth-order valence-corrected chi connectivity index (χ4v) is 6.21. The normalized spacial score (nSPS) is 29.8. The number of benzene rings is 1. The lowest BCUT2D eigenvalue weighted by Crippen LogP contribution is -2.74. The molecule has 0 bridgehead atoms. The summed E-state index contributed by atoms with van der Waals surface area (Å²) in [6.07, 6.45) is -0.405. The van der Waals surface area contributed by atoms with Crippen LogP contribution in [-0.4, -0.2) is 88.9 Å². The number of amides is 2. The SMILES string of the molecule is COC(=O)CCC(=O)Nc1ccc2c(c1O)C(=O)C1C(=O)[C@]3(O)C(=O)C(C(N)=O)C(=O)[C@@H](N(C)C)[C@@H]3C[C@@H]1C2. The van der Waals surface area contributed by atoms with E-state index in [4.69, 9.17) is 5.73 Å². The van der Waals surface area contributed by atoms with E-state index in [0.29, 0.717) is 5.56 Å². The summed E-state index contributed by atoms with van der Waals surface area (Å²) in [6, 6.07) is 1.71. The molecular weight excluding hydrogens is 514 g/mol. The van der Waals surface area contributed by atoms with E-state index < -0.39 is 82.0 Å². The molecule has 0 spiro atoms. The van der Waals surface area contributed by atoms with E-state index >= 15 is 0 Å². The van der Waals surface area contributed by atoms with Gasteiger partial charge in [0.2, 0.25) is 11.8 Å². The summed E-state index contributed by atoms with van der Waals surface area (Å²) >= 11 is 0. The van der Waals surface area contributed by atoms with Gasteiger partial charge in [0.1, 0.15) is 5.75 Å². The Kier molecular flexibility index (Phi) is 7.17. The summed E-state index contributed by atoms with van der Waals surface area (Å²) in [6.45, 7) is 0. The number of carbonyl (C=O) groups excluding carboxylic acids is 7. The van der Waals surface area contributed by atoms with Crippen molar-refractivity contribution in [2.24, 2.45) is 29.4 Å². The zero-order valence-corrected chi connectivity index (χ0v) is 21.6. The Morgan fingerprint density at radius 3 is 2.38 bits per heavy atom. The molecule has 3 aliphatic rings. The number of phenolic OH excluding ortho intramolecular Hbond substituents is 1. The number of ether oxygens (including phenoxy) is 1. The zero-order valence-electron chi connectivity index (χ0n) is 21.6. The Balaban J connectivity index is 1.71. The van der Waals surface area contributed by atoms with Gasteiger partial charge in [0.25, 0.3) is 0 Å². The van der Waals surface area contributed by atoms with Gasteiger partial charge >= 0.3 is 5.97 Å². The molecule has 6 atom stereocenters. The lowest BCUT2D eigenvalue weighted by Gasteiger charge is -2.52. The molecular formula is C26H29N3O10. The number of nitrogens with two attached hydrogens (primary N) is 1. The highest BCUT2D eigenvalue weighted by Gasteiger charge is 2.69. The predicted octanol–water partition coefficient (Wildman–Crippen LogP) is -1.24. The molecule has 39 heavy (non-hydrogen) atoms. The van der Waals surface area contributed by atoms with Crippen LogP contribution in [0.25, 0.3) is 0 Å². The van der Waals surface area contributed by atoms with Crippen molar-refractivity contribution in [3.8, 4) is 5.75 Å². The number of nitrogens with one attached hydrogen (secondary N) is 1. The summed E-state index contributed by atoms with van der Waals surface area (Å²) < 4.78 is 4.49. The van der Waals surface area contributed by atoms with Crippen molar-refractivity contribution in [3.05, 3.63) is 23.3 Å². The van der Waals surface area contributed by atoms with Crippen molar-refractivity contribution < 1.29 is 48.5 Å². The largest absolute Gasteiger partial charge is 0.505 e. The van der Waals surface area contributed by atoms with Crippen molar-refractivity contribution >= 4 is 46.6 Å². The van der Waals surface area contributed by atoms with Gasteiger partial charge in [0, 0.05) is 12.3 Å². The molecule has 2 fully saturated rings. The first-order chi connectivity index (χ1) is 18.2. The van der Waals surface area contributed by atoms with E-state index in [2.05, 4.69) is 10.1 Å². The van der Waals surface area contributed by atoms with Crippen LogP contribution < -0.4 is 11.1 Å². The van der Waals surface area contributed by atoms with Crippen LogP contribution in [0, 0.1) is 23.7 Å². The van der Waals surface area contributed by atoms with E-state index in [1.54, 1.807) is 0 Å². The molecule has 0 aromatic heterocycles. The number of aliphatic hydroxyl groups is 1. The highest BCUT2D eigenvalue weighted by atomic mass is 16.5. The van der Waals surface area contributed by atoms with Gasteiger partial charge in [-0.2, -0.15) is 0 Å². The van der Waals surface area contributed by atoms with Crippen LogP contribution in [0.1, 0.15) is 35.2 Å². The molecule has 2 saturated carbocycles. The number of anilines is 1. The molecule has 0 radical (unpaired) electrons. The molecule has 2 unspecified atom stereocenters. The van der Waals surface area contributed by atoms with Crippen LogP contribution in [0.3, 0.4) is 0 Å². The maximum absolute atomic E-state index is 13.8. The first-order valence-electron chi connectivity index (χ1n) is 12.3. The molecule has 0 aliphatic heterocycles. The molecule has 13 heteroatoms. The summed E-state index contributed by atoms with van der Waals surface area (Å²) in [7, 11) is 4.19. The monoisotopic (exact) mass is 543 g/mol. The standard InChI is InChI=1S/C26H29N3O10/c1-29(2)19-12-9-11-8-10-4-5-13(28-14(30)6-7-15(31)39-3)20(32)16(10)21(33)17(11)23(35)26(12,38)24(36)18(22(19)34)25(27)37/h4-5,11-12,17-19,32,38H,6-9H2,1-3H3,(H2,27,37)(H,28,30)/t11-,12-,17?,18?,19-,26-/m0/s1. The zero-order chi connectivity index (χ0) is 29.0. The number of hydrogen-bond donors (Lipinski definition) is 4. The Hall–Kier alpha value is -3.97. The van der Waals surface area contributed by atoms with Gasteiger partial charge in [-0.05, 0) is 44.5 Å². The smallest absolute Gasteiger partial charge is 0.306 e. The number of fused-ring (bicyclic) bond motifs is 3. The van der Waals surface area contributed by atoms with Gasteiger partial charge in [-0.3, -0.25) is 38.5 Å².